The van der Waals surface area contributed by atoms with Gasteiger partial charge < -0.3 is 19.9 Å². The lowest BCUT2D eigenvalue weighted by Gasteiger charge is -2.30. The molecule has 0 radical (unpaired) electrons. The fourth-order valence-electron chi connectivity index (χ4n) is 3.27. The molecule has 0 aliphatic carbocycles. The summed E-state index contributed by atoms with van der Waals surface area (Å²) in [6, 6.07) is 9.46. The molecule has 7 heteroatoms. The van der Waals surface area contributed by atoms with Gasteiger partial charge in [-0.3, -0.25) is 9.59 Å². The topological polar surface area (TPSA) is 74.8 Å². The molecule has 1 aromatic carbocycles. The number of morpholine rings is 1. The van der Waals surface area contributed by atoms with Gasteiger partial charge in [-0.25, -0.2) is 4.98 Å². The lowest BCUT2D eigenvalue weighted by Crippen LogP contribution is -2.48. The molecular weight excluding hydrogens is 320 g/mol. The van der Waals surface area contributed by atoms with Gasteiger partial charge in [-0.15, -0.1) is 0 Å². The fraction of sp³-hybridized carbons (Fsp3) is 0.389. The molecular formula is C18H20N4O3. The number of anilines is 1. The van der Waals surface area contributed by atoms with E-state index >= 15 is 0 Å². The van der Waals surface area contributed by atoms with Crippen molar-refractivity contribution >= 4 is 28.5 Å². The lowest BCUT2D eigenvalue weighted by atomic mass is 10.1. The van der Waals surface area contributed by atoms with Gasteiger partial charge in [0.05, 0.1) is 30.8 Å². The largest absolute Gasteiger partial charge is 0.378 e. The van der Waals surface area contributed by atoms with Crippen molar-refractivity contribution in [1.29, 1.82) is 0 Å². The number of benzene rings is 1. The summed E-state index contributed by atoms with van der Waals surface area (Å²) in [7, 11) is 0. The molecule has 1 N–H and O–H groups in total. The highest BCUT2D eigenvalue weighted by molar-refractivity contribution is 6.07. The van der Waals surface area contributed by atoms with Crippen molar-refractivity contribution in [2.75, 3.05) is 50.8 Å². The van der Waals surface area contributed by atoms with Crippen LogP contribution in [-0.4, -0.2) is 67.6 Å². The molecule has 0 spiro atoms. The van der Waals surface area contributed by atoms with Crippen LogP contribution in [0.1, 0.15) is 10.4 Å². The summed E-state index contributed by atoms with van der Waals surface area (Å²) in [5.41, 5.74) is 1.40. The Labute approximate surface area is 145 Å². The summed E-state index contributed by atoms with van der Waals surface area (Å²) >= 11 is 0. The average molecular weight is 340 g/mol. The van der Waals surface area contributed by atoms with Crippen LogP contribution in [0.2, 0.25) is 0 Å². The first kappa shape index (κ1) is 15.8. The Bertz CT molecular complexity index is 817. The average Bonchev–Trinajstić information content (AvgIpc) is 2.67. The molecule has 7 nitrogen and oxygen atoms in total. The fourth-order valence-corrected chi connectivity index (χ4v) is 3.27. The van der Waals surface area contributed by atoms with E-state index in [9.17, 15) is 9.59 Å². The Kier molecular flexibility index (Phi) is 4.23. The Morgan fingerprint density at radius 1 is 1.16 bits per heavy atom. The molecule has 2 fully saturated rings. The van der Waals surface area contributed by atoms with Crippen molar-refractivity contribution in [3.63, 3.8) is 0 Å². The number of fused-ring (bicyclic) bond motifs is 1. The zero-order valence-corrected chi connectivity index (χ0v) is 13.9. The van der Waals surface area contributed by atoms with Crippen molar-refractivity contribution in [2.45, 2.75) is 0 Å². The third kappa shape index (κ3) is 3.15. The zero-order chi connectivity index (χ0) is 17.2. The van der Waals surface area contributed by atoms with E-state index in [0.29, 0.717) is 50.8 Å². The van der Waals surface area contributed by atoms with E-state index in [4.69, 9.17) is 4.74 Å². The molecule has 3 heterocycles. The first-order valence-electron chi connectivity index (χ1n) is 8.51. The van der Waals surface area contributed by atoms with E-state index in [0.717, 1.165) is 10.9 Å². The minimum atomic E-state index is -0.0257. The van der Waals surface area contributed by atoms with Crippen LogP contribution in [0.15, 0.2) is 30.3 Å². The summed E-state index contributed by atoms with van der Waals surface area (Å²) in [6.07, 6.45) is 0. The summed E-state index contributed by atoms with van der Waals surface area (Å²) in [4.78, 5) is 33.2. The minimum Gasteiger partial charge on any atom is -0.378 e. The summed E-state index contributed by atoms with van der Waals surface area (Å²) in [6.45, 7) is 3.84. The third-order valence-corrected chi connectivity index (χ3v) is 4.59. The number of pyridine rings is 1. The van der Waals surface area contributed by atoms with Gasteiger partial charge in [-0.05, 0) is 12.1 Å². The van der Waals surface area contributed by atoms with Crippen molar-refractivity contribution in [1.82, 2.24) is 15.2 Å². The van der Waals surface area contributed by atoms with Gasteiger partial charge in [-0.2, -0.15) is 0 Å². The molecule has 0 atom stereocenters. The minimum absolute atomic E-state index is 0.00962. The maximum absolute atomic E-state index is 13.1. The number of nitrogens with one attached hydrogen (secondary N) is 1. The van der Waals surface area contributed by atoms with Gasteiger partial charge in [0.2, 0.25) is 5.91 Å². The van der Waals surface area contributed by atoms with Crippen LogP contribution in [0.3, 0.4) is 0 Å². The standard InChI is InChI=1S/C18H20N4O3/c23-17-12-22(6-5-19-17)16-11-14(13-3-1-2-4-15(13)20-16)18(24)21-7-9-25-10-8-21/h1-4,11H,5-10,12H2,(H,19,23). The number of hydrogen-bond acceptors (Lipinski definition) is 5. The predicted octanol–water partition coefficient (Wildman–Crippen LogP) is 0.643. The Balaban J connectivity index is 1.75. The van der Waals surface area contributed by atoms with Crippen molar-refractivity contribution in [3.05, 3.63) is 35.9 Å². The number of carbonyl (C=O) groups is 2. The maximum Gasteiger partial charge on any atom is 0.254 e. The Hall–Kier alpha value is -2.67. The van der Waals surface area contributed by atoms with E-state index < -0.39 is 0 Å². The van der Waals surface area contributed by atoms with Crippen LogP contribution >= 0.6 is 0 Å². The number of carbonyl (C=O) groups excluding carboxylic acids is 2. The van der Waals surface area contributed by atoms with E-state index in [2.05, 4.69) is 10.3 Å². The third-order valence-electron chi connectivity index (χ3n) is 4.59. The van der Waals surface area contributed by atoms with Crippen LogP contribution in [0.5, 0.6) is 0 Å². The number of piperazine rings is 1. The zero-order valence-electron chi connectivity index (χ0n) is 13.9. The molecule has 2 saturated heterocycles. The summed E-state index contributed by atoms with van der Waals surface area (Å²) < 4.78 is 5.35. The number of ether oxygens (including phenoxy) is 1. The molecule has 2 amide bonds. The molecule has 2 aromatic rings. The molecule has 2 aliphatic rings. The molecule has 25 heavy (non-hydrogen) atoms. The van der Waals surface area contributed by atoms with Crippen molar-refractivity contribution < 1.29 is 14.3 Å². The summed E-state index contributed by atoms with van der Waals surface area (Å²) in [5, 5.41) is 3.65. The van der Waals surface area contributed by atoms with Gasteiger partial charge >= 0.3 is 0 Å². The lowest BCUT2D eigenvalue weighted by molar-refractivity contribution is -0.120. The van der Waals surface area contributed by atoms with Gasteiger partial charge in [0.15, 0.2) is 0 Å². The van der Waals surface area contributed by atoms with Crippen LogP contribution in [0, 0.1) is 0 Å². The molecule has 2 aliphatic heterocycles. The maximum atomic E-state index is 13.1. The number of rotatable bonds is 2. The Morgan fingerprint density at radius 2 is 1.96 bits per heavy atom. The first-order chi connectivity index (χ1) is 12.2. The van der Waals surface area contributed by atoms with Gasteiger partial charge in [0.1, 0.15) is 5.82 Å². The quantitative estimate of drug-likeness (QED) is 0.869. The van der Waals surface area contributed by atoms with Gasteiger partial charge in [0.25, 0.3) is 5.91 Å². The highest BCUT2D eigenvalue weighted by Gasteiger charge is 2.24. The Morgan fingerprint density at radius 3 is 2.76 bits per heavy atom. The second-order valence-corrected chi connectivity index (χ2v) is 6.22. The smallest absolute Gasteiger partial charge is 0.254 e. The molecule has 0 saturated carbocycles. The molecule has 0 bridgehead atoms. The van der Waals surface area contributed by atoms with Crippen molar-refractivity contribution in [2.24, 2.45) is 0 Å². The van der Waals surface area contributed by atoms with Gasteiger partial charge in [-0.1, -0.05) is 18.2 Å². The number of nitrogens with zero attached hydrogens (tertiary/aromatic N) is 3. The highest BCUT2D eigenvalue weighted by atomic mass is 16.5. The number of aromatic nitrogens is 1. The summed E-state index contributed by atoms with van der Waals surface area (Å²) in [5.74, 6) is 0.636. The van der Waals surface area contributed by atoms with E-state index in [1.165, 1.54) is 0 Å². The van der Waals surface area contributed by atoms with Crippen LogP contribution in [0.25, 0.3) is 10.9 Å². The van der Waals surface area contributed by atoms with Crippen molar-refractivity contribution in [3.8, 4) is 0 Å². The number of hydrogen-bond donors (Lipinski definition) is 1. The number of amides is 2. The second kappa shape index (κ2) is 6.68. The normalized spacial score (nSPS) is 18.3. The SMILES string of the molecule is O=C1CN(c2cc(C(=O)N3CCOCC3)c3ccccc3n2)CCN1. The first-order valence-corrected chi connectivity index (χ1v) is 8.51. The highest BCUT2D eigenvalue weighted by Crippen LogP contribution is 2.25. The monoisotopic (exact) mass is 340 g/mol. The van der Waals surface area contributed by atoms with Gasteiger partial charge in [0, 0.05) is 31.6 Å². The predicted molar refractivity (Wildman–Crippen MR) is 93.7 cm³/mol. The molecule has 0 unspecified atom stereocenters. The molecule has 4 rings (SSSR count). The second-order valence-electron chi connectivity index (χ2n) is 6.22. The van der Waals surface area contributed by atoms with Crippen LogP contribution < -0.4 is 10.2 Å². The molecule has 130 valence electrons. The van der Waals surface area contributed by atoms with E-state index in [1.807, 2.05) is 40.1 Å². The van der Waals surface area contributed by atoms with Crippen LogP contribution in [0.4, 0.5) is 5.82 Å². The molecule has 1 aromatic heterocycles. The van der Waals surface area contributed by atoms with Crippen LogP contribution in [-0.2, 0) is 9.53 Å². The number of para-hydroxylation sites is 1. The van der Waals surface area contributed by atoms with E-state index in [1.54, 1.807) is 0 Å². The van der Waals surface area contributed by atoms with E-state index in [-0.39, 0.29) is 18.4 Å².